The van der Waals surface area contributed by atoms with Crippen molar-refractivity contribution < 1.29 is 5.11 Å². The number of aliphatic hydroxyl groups is 1. The standard InChI is InChI=1S/C12H16N4O/c1-9-4-14-3-2-10(9)6-16-8-15-5-12(16)11(13)7-17/h2-5,8,11,17H,6-7,13H2,1H3. The zero-order chi connectivity index (χ0) is 12.3. The molecular formula is C12H16N4O. The van der Waals surface area contributed by atoms with Crippen molar-refractivity contribution in [2.75, 3.05) is 6.61 Å². The van der Waals surface area contributed by atoms with Gasteiger partial charge in [-0.3, -0.25) is 4.98 Å². The summed E-state index contributed by atoms with van der Waals surface area (Å²) in [5, 5.41) is 9.08. The van der Waals surface area contributed by atoms with Crippen LogP contribution in [0.4, 0.5) is 0 Å². The van der Waals surface area contributed by atoms with Crippen LogP contribution in [0.25, 0.3) is 0 Å². The smallest absolute Gasteiger partial charge is 0.0951 e. The van der Waals surface area contributed by atoms with Gasteiger partial charge in [0.15, 0.2) is 0 Å². The Morgan fingerprint density at radius 2 is 2.24 bits per heavy atom. The molecule has 2 aromatic heterocycles. The Kier molecular flexibility index (Phi) is 3.51. The third-order valence-corrected chi connectivity index (χ3v) is 2.80. The molecule has 5 nitrogen and oxygen atoms in total. The van der Waals surface area contributed by atoms with Gasteiger partial charge >= 0.3 is 0 Å². The zero-order valence-corrected chi connectivity index (χ0v) is 9.74. The van der Waals surface area contributed by atoms with Gasteiger partial charge in [-0.15, -0.1) is 0 Å². The lowest BCUT2D eigenvalue weighted by Crippen LogP contribution is -2.19. The monoisotopic (exact) mass is 232 g/mol. The highest BCUT2D eigenvalue weighted by Gasteiger charge is 2.11. The maximum Gasteiger partial charge on any atom is 0.0951 e. The normalized spacial score (nSPS) is 12.6. The van der Waals surface area contributed by atoms with Gasteiger partial charge in [0, 0.05) is 25.1 Å². The Bertz CT molecular complexity index is 495. The first-order valence-electron chi connectivity index (χ1n) is 5.48. The van der Waals surface area contributed by atoms with Gasteiger partial charge in [0.1, 0.15) is 0 Å². The molecule has 17 heavy (non-hydrogen) atoms. The topological polar surface area (TPSA) is 77.0 Å². The minimum atomic E-state index is -0.389. The number of aromatic nitrogens is 3. The molecule has 0 aromatic carbocycles. The SMILES string of the molecule is Cc1cnccc1Cn1cncc1C(N)CO. The van der Waals surface area contributed by atoms with Gasteiger partial charge in [-0.1, -0.05) is 0 Å². The molecule has 0 radical (unpaired) electrons. The first-order chi connectivity index (χ1) is 8.22. The van der Waals surface area contributed by atoms with Crippen LogP contribution in [0, 0.1) is 6.92 Å². The quantitative estimate of drug-likeness (QED) is 0.810. The molecular weight excluding hydrogens is 216 g/mol. The van der Waals surface area contributed by atoms with Gasteiger partial charge in [-0.25, -0.2) is 4.98 Å². The van der Waals surface area contributed by atoms with Crippen LogP contribution in [0.1, 0.15) is 22.9 Å². The van der Waals surface area contributed by atoms with E-state index >= 15 is 0 Å². The van der Waals surface area contributed by atoms with Crippen LogP contribution in [-0.4, -0.2) is 26.2 Å². The van der Waals surface area contributed by atoms with E-state index in [0.29, 0.717) is 6.54 Å². The summed E-state index contributed by atoms with van der Waals surface area (Å²) in [5.74, 6) is 0. The van der Waals surface area contributed by atoms with Crippen LogP contribution < -0.4 is 5.73 Å². The molecule has 90 valence electrons. The summed E-state index contributed by atoms with van der Waals surface area (Å²) in [6.45, 7) is 2.63. The van der Waals surface area contributed by atoms with Crippen molar-refractivity contribution in [1.29, 1.82) is 0 Å². The summed E-state index contributed by atoms with van der Waals surface area (Å²) in [5.41, 5.74) is 8.94. The second-order valence-electron chi connectivity index (χ2n) is 4.04. The number of pyridine rings is 1. The summed E-state index contributed by atoms with van der Waals surface area (Å²) < 4.78 is 1.95. The van der Waals surface area contributed by atoms with Gasteiger partial charge in [-0.2, -0.15) is 0 Å². The van der Waals surface area contributed by atoms with Crippen LogP contribution in [0.5, 0.6) is 0 Å². The van der Waals surface area contributed by atoms with Crippen molar-refractivity contribution >= 4 is 0 Å². The average molecular weight is 232 g/mol. The number of aliphatic hydroxyl groups excluding tert-OH is 1. The predicted molar refractivity (Wildman–Crippen MR) is 64.3 cm³/mol. The summed E-state index contributed by atoms with van der Waals surface area (Å²) >= 11 is 0. The molecule has 0 aliphatic carbocycles. The molecule has 0 amide bonds. The Balaban J connectivity index is 2.25. The third kappa shape index (κ3) is 2.51. The van der Waals surface area contributed by atoms with Gasteiger partial charge in [0.05, 0.1) is 24.7 Å². The Hall–Kier alpha value is -1.72. The van der Waals surface area contributed by atoms with E-state index in [2.05, 4.69) is 9.97 Å². The second kappa shape index (κ2) is 5.07. The van der Waals surface area contributed by atoms with Gasteiger partial charge < -0.3 is 15.4 Å². The number of hydrogen-bond acceptors (Lipinski definition) is 4. The summed E-state index contributed by atoms with van der Waals surface area (Å²) in [7, 11) is 0. The number of nitrogens with two attached hydrogens (primary N) is 1. The Labute approximate surface area is 99.9 Å². The van der Waals surface area contributed by atoms with Crippen molar-refractivity contribution in [2.45, 2.75) is 19.5 Å². The fraction of sp³-hybridized carbons (Fsp3) is 0.333. The molecule has 2 aromatic rings. The molecule has 0 aliphatic rings. The molecule has 3 N–H and O–H groups in total. The van der Waals surface area contributed by atoms with E-state index in [9.17, 15) is 0 Å². The van der Waals surface area contributed by atoms with Gasteiger partial charge in [-0.05, 0) is 24.1 Å². The zero-order valence-electron chi connectivity index (χ0n) is 9.74. The molecule has 2 rings (SSSR count). The first-order valence-corrected chi connectivity index (χ1v) is 5.48. The Morgan fingerprint density at radius 3 is 2.94 bits per heavy atom. The molecule has 1 unspecified atom stereocenters. The first kappa shape index (κ1) is 11.8. The third-order valence-electron chi connectivity index (χ3n) is 2.80. The second-order valence-corrected chi connectivity index (χ2v) is 4.04. The summed E-state index contributed by atoms with van der Waals surface area (Å²) in [4.78, 5) is 8.13. The molecule has 0 spiro atoms. The highest BCUT2D eigenvalue weighted by Crippen LogP contribution is 2.13. The van der Waals surface area contributed by atoms with E-state index in [-0.39, 0.29) is 12.6 Å². The van der Waals surface area contributed by atoms with Crippen LogP contribution in [0.2, 0.25) is 0 Å². The summed E-state index contributed by atoms with van der Waals surface area (Å²) in [6.07, 6.45) is 7.02. The Morgan fingerprint density at radius 1 is 1.41 bits per heavy atom. The molecule has 0 fully saturated rings. The fourth-order valence-corrected chi connectivity index (χ4v) is 1.73. The highest BCUT2D eigenvalue weighted by atomic mass is 16.3. The number of imidazole rings is 1. The predicted octanol–water partition coefficient (Wildman–Crippen LogP) is 0.627. The lowest BCUT2D eigenvalue weighted by atomic mass is 10.1. The number of aryl methyl sites for hydroxylation is 1. The van der Waals surface area contributed by atoms with Crippen molar-refractivity contribution in [3.8, 4) is 0 Å². The van der Waals surface area contributed by atoms with Crippen molar-refractivity contribution in [1.82, 2.24) is 14.5 Å². The van der Waals surface area contributed by atoms with Crippen LogP contribution >= 0.6 is 0 Å². The van der Waals surface area contributed by atoms with E-state index in [1.807, 2.05) is 23.8 Å². The minimum Gasteiger partial charge on any atom is -0.394 e. The van der Waals surface area contributed by atoms with Crippen LogP contribution in [0.15, 0.2) is 31.0 Å². The largest absolute Gasteiger partial charge is 0.394 e. The van der Waals surface area contributed by atoms with Crippen LogP contribution in [0.3, 0.4) is 0 Å². The molecule has 0 aliphatic heterocycles. The van der Waals surface area contributed by atoms with E-state index < -0.39 is 0 Å². The lowest BCUT2D eigenvalue weighted by molar-refractivity contribution is 0.263. The molecule has 0 saturated carbocycles. The van der Waals surface area contributed by atoms with Gasteiger partial charge in [0.25, 0.3) is 0 Å². The average Bonchev–Trinajstić information content (AvgIpc) is 2.79. The maximum absolute atomic E-state index is 9.08. The van der Waals surface area contributed by atoms with Crippen molar-refractivity contribution in [2.24, 2.45) is 5.73 Å². The number of hydrogen-bond donors (Lipinski definition) is 2. The molecule has 2 heterocycles. The molecule has 0 saturated heterocycles. The van der Waals surface area contributed by atoms with E-state index in [1.54, 1.807) is 18.7 Å². The maximum atomic E-state index is 9.08. The minimum absolute atomic E-state index is 0.0823. The number of nitrogens with zero attached hydrogens (tertiary/aromatic N) is 3. The summed E-state index contributed by atoms with van der Waals surface area (Å²) in [6, 6.07) is 1.59. The van der Waals surface area contributed by atoms with E-state index in [0.717, 1.165) is 11.3 Å². The molecule has 0 bridgehead atoms. The van der Waals surface area contributed by atoms with E-state index in [4.69, 9.17) is 10.8 Å². The highest BCUT2D eigenvalue weighted by molar-refractivity contribution is 5.22. The molecule has 5 heteroatoms. The fourth-order valence-electron chi connectivity index (χ4n) is 1.73. The van der Waals surface area contributed by atoms with Crippen molar-refractivity contribution in [3.63, 3.8) is 0 Å². The number of rotatable bonds is 4. The van der Waals surface area contributed by atoms with Crippen LogP contribution in [-0.2, 0) is 6.54 Å². The van der Waals surface area contributed by atoms with Crippen molar-refractivity contribution in [3.05, 3.63) is 47.8 Å². The van der Waals surface area contributed by atoms with Gasteiger partial charge in [0.2, 0.25) is 0 Å². The van der Waals surface area contributed by atoms with E-state index in [1.165, 1.54) is 5.56 Å². The molecule has 1 atom stereocenters. The lowest BCUT2D eigenvalue weighted by Gasteiger charge is -2.13.